The normalized spacial score (nSPS) is 13.2. The molecule has 28 heavy (non-hydrogen) atoms. The van der Waals surface area contributed by atoms with Crippen molar-refractivity contribution in [2.75, 3.05) is 5.32 Å². The average molecular weight is 375 g/mol. The molecule has 3 aromatic rings. The average Bonchev–Trinajstić information content (AvgIpc) is 3.49. The summed E-state index contributed by atoms with van der Waals surface area (Å²) in [6.07, 6.45) is 3.54. The SMILES string of the molecule is Cc1oc(-c2cccc(NC(=O)C3CC3)c2)nc1C(=O)[N]Cc1ccccn1. The lowest BCUT2D eigenvalue weighted by Gasteiger charge is -2.05. The van der Waals surface area contributed by atoms with Crippen molar-refractivity contribution >= 4 is 17.5 Å². The van der Waals surface area contributed by atoms with Crippen LogP contribution < -0.4 is 10.6 Å². The number of amides is 2. The molecule has 1 N–H and O–H groups in total. The quantitative estimate of drug-likeness (QED) is 0.712. The zero-order valence-electron chi connectivity index (χ0n) is 15.4. The largest absolute Gasteiger partial charge is 0.441 e. The first-order valence-corrected chi connectivity index (χ1v) is 9.10. The van der Waals surface area contributed by atoms with Crippen LogP contribution in [0.2, 0.25) is 0 Å². The Balaban J connectivity index is 1.47. The van der Waals surface area contributed by atoms with Gasteiger partial charge in [-0.15, -0.1) is 0 Å². The van der Waals surface area contributed by atoms with Crippen molar-refractivity contribution in [3.8, 4) is 11.5 Å². The van der Waals surface area contributed by atoms with Crippen molar-refractivity contribution in [1.29, 1.82) is 0 Å². The van der Waals surface area contributed by atoms with Crippen molar-refractivity contribution in [3.05, 3.63) is 65.8 Å². The van der Waals surface area contributed by atoms with Gasteiger partial charge in [0.2, 0.25) is 11.8 Å². The number of hydrogen-bond donors (Lipinski definition) is 1. The second-order valence-electron chi connectivity index (χ2n) is 6.71. The van der Waals surface area contributed by atoms with Crippen LogP contribution in [0.1, 0.15) is 34.8 Å². The van der Waals surface area contributed by atoms with E-state index in [4.69, 9.17) is 4.42 Å². The van der Waals surface area contributed by atoms with Gasteiger partial charge in [0, 0.05) is 23.4 Å². The summed E-state index contributed by atoms with van der Waals surface area (Å²) in [5.74, 6) is 0.424. The summed E-state index contributed by atoms with van der Waals surface area (Å²) in [4.78, 5) is 32.8. The number of pyridine rings is 1. The monoisotopic (exact) mass is 375 g/mol. The zero-order valence-corrected chi connectivity index (χ0v) is 15.4. The molecule has 1 aromatic carbocycles. The number of rotatable bonds is 6. The first kappa shape index (κ1) is 17.9. The van der Waals surface area contributed by atoms with E-state index in [2.05, 4.69) is 20.6 Å². The molecule has 1 aliphatic rings. The molecule has 0 unspecified atom stereocenters. The summed E-state index contributed by atoms with van der Waals surface area (Å²) in [7, 11) is 0. The Hall–Kier alpha value is -3.48. The van der Waals surface area contributed by atoms with Gasteiger partial charge in [-0.2, -0.15) is 0 Å². The van der Waals surface area contributed by atoms with Gasteiger partial charge < -0.3 is 9.73 Å². The molecule has 2 aromatic heterocycles. The van der Waals surface area contributed by atoms with E-state index >= 15 is 0 Å². The molecule has 0 bridgehead atoms. The van der Waals surface area contributed by atoms with Crippen molar-refractivity contribution in [1.82, 2.24) is 15.3 Å². The van der Waals surface area contributed by atoms with Crippen LogP contribution in [0.5, 0.6) is 0 Å². The van der Waals surface area contributed by atoms with Crippen molar-refractivity contribution in [2.24, 2.45) is 5.92 Å². The number of anilines is 1. The fourth-order valence-corrected chi connectivity index (χ4v) is 2.76. The molecule has 0 saturated heterocycles. The third-order valence-corrected chi connectivity index (χ3v) is 4.44. The van der Waals surface area contributed by atoms with Crippen LogP contribution in [0.15, 0.2) is 53.1 Å². The molecule has 0 atom stereocenters. The second kappa shape index (κ2) is 7.64. The molecule has 7 heteroatoms. The highest BCUT2D eigenvalue weighted by Gasteiger charge is 2.29. The van der Waals surface area contributed by atoms with Crippen LogP contribution >= 0.6 is 0 Å². The number of benzene rings is 1. The topological polar surface area (TPSA) is 99.2 Å². The van der Waals surface area contributed by atoms with E-state index < -0.39 is 5.91 Å². The number of hydrogen-bond acceptors (Lipinski definition) is 5. The summed E-state index contributed by atoms with van der Waals surface area (Å²) in [5.41, 5.74) is 2.24. The maximum Gasteiger partial charge on any atom is 0.295 e. The minimum absolute atomic E-state index is 0.0323. The smallest absolute Gasteiger partial charge is 0.295 e. The number of nitrogens with zero attached hydrogens (tertiary/aromatic N) is 3. The van der Waals surface area contributed by atoms with Gasteiger partial charge in [-0.05, 0) is 50.1 Å². The highest BCUT2D eigenvalue weighted by atomic mass is 16.4. The van der Waals surface area contributed by atoms with Crippen LogP contribution in [-0.4, -0.2) is 21.8 Å². The second-order valence-corrected chi connectivity index (χ2v) is 6.71. The maximum atomic E-state index is 12.4. The maximum absolute atomic E-state index is 12.4. The Labute approximate surface area is 162 Å². The Bertz CT molecular complexity index is 1010. The standard InChI is InChI=1S/C21H19N4O3/c1-13-18(20(27)23-12-17-6-2-3-10-22-17)25-21(28-13)15-5-4-7-16(11-15)24-19(26)14-8-9-14/h2-7,10-11,14H,8-9,12H2,1H3,(H,24,26). The Morgan fingerprint density at radius 3 is 2.82 bits per heavy atom. The van der Waals surface area contributed by atoms with Crippen LogP contribution in [-0.2, 0) is 11.3 Å². The molecule has 1 saturated carbocycles. The van der Waals surface area contributed by atoms with E-state index in [9.17, 15) is 9.59 Å². The molecule has 7 nitrogen and oxygen atoms in total. The summed E-state index contributed by atoms with van der Waals surface area (Å²) in [6, 6.07) is 12.7. The number of oxazole rings is 1. The molecule has 141 valence electrons. The van der Waals surface area contributed by atoms with E-state index in [1.54, 1.807) is 31.3 Å². The highest BCUT2D eigenvalue weighted by molar-refractivity contribution is 5.95. The minimum atomic E-state index is -0.448. The number of carbonyl (C=O) groups excluding carboxylic acids is 2. The number of nitrogens with one attached hydrogen (secondary N) is 1. The van der Waals surface area contributed by atoms with Crippen molar-refractivity contribution in [2.45, 2.75) is 26.3 Å². The highest BCUT2D eigenvalue weighted by Crippen LogP contribution is 2.31. The predicted octanol–water partition coefficient (Wildman–Crippen LogP) is 3.34. The lowest BCUT2D eigenvalue weighted by Crippen LogP contribution is -2.17. The number of carbonyl (C=O) groups is 2. The van der Waals surface area contributed by atoms with E-state index in [1.807, 2.05) is 24.3 Å². The van der Waals surface area contributed by atoms with Gasteiger partial charge in [0.05, 0.1) is 12.2 Å². The van der Waals surface area contributed by atoms with E-state index in [0.29, 0.717) is 28.6 Å². The molecular weight excluding hydrogens is 356 g/mol. The summed E-state index contributed by atoms with van der Waals surface area (Å²) < 4.78 is 5.67. The van der Waals surface area contributed by atoms with Gasteiger partial charge in [-0.3, -0.25) is 14.6 Å². The predicted molar refractivity (Wildman–Crippen MR) is 102 cm³/mol. The van der Waals surface area contributed by atoms with E-state index in [1.165, 1.54) is 0 Å². The first-order chi connectivity index (χ1) is 13.6. The van der Waals surface area contributed by atoms with Gasteiger partial charge in [0.1, 0.15) is 5.76 Å². The third-order valence-electron chi connectivity index (χ3n) is 4.44. The molecule has 0 aliphatic heterocycles. The van der Waals surface area contributed by atoms with Gasteiger partial charge in [0.15, 0.2) is 5.69 Å². The molecule has 1 radical (unpaired) electrons. The minimum Gasteiger partial charge on any atom is -0.441 e. The van der Waals surface area contributed by atoms with Gasteiger partial charge in [-0.25, -0.2) is 10.3 Å². The van der Waals surface area contributed by atoms with E-state index in [0.717, 1.165) is 12.8 Å². The Morgan fingerprint density at radius 1 is 1.21 bits per heavy atom. The van der Waals surface area contributed by atoms with Crippen LogP contribution in [0.3, 0.4) is 0 Å². The zero-order chi connectivity index (χ0) is 19.5. The molecule has 4 rings (SSSR count). The Kier molecular flexibility index (Phi) is 4.89. The van der Waals surface area contributed by atoms with Crippen molar-refractivity contribution < 1.29 is 14.0 Å². The summed E-state index contributed by atoms with van der Waals surface area (Å²) in [5, 5.41) is 6.93. The number of aryl methyl sites for hydroxylation is 1. The fourth-order valence-electron chi connectivity index (χ4n) is 2.76. The van der Waals surface area contributed by atoms with Gasteiger partial charge >= 0.3 is 0 Å². The molecule has 2 amide bonds. The third kappa shape index (κ3) is 4.09. The lowest BCUT2D eigenvalue weighted by atomic mass is 10.2. The summed E-state index contributed by atoms with van der Waals surface area (Å²) >= 11 is 0. The van der Waals surface area contributed by atoms with Gasteiger partial charge in [-0.1, -0.05) is 12.1 Å². The number of aromatic nitrogens is 2. The molecule has 1 fully saturated rings. The summed E-state index contributed by atoms with van der Waals surface area (Å²) in [6.45, 7) is 1.86. The molecule has 1 aliphatic carbocycles. The van der Waals surface area contributed by atoms with Gasteiger partial charge in [0.25, 0.3) is 5.91 Å². The Morgan fingerprint density at radius 2 is 2.07 bits per heavy atom. The first-order valence-electron chi connectivity index (χ1n) is 9.10. The van der Waals surface area contributed by atoms with Crippen LogP contribution in [0.25, 0.3) is 11.5 Å². The van der Waals surface area contributed by atoms with E-state index in [-0.39, 0.29) is 24.1 Å². The molecule has 0 spiro atoms. The molecular formula is C21H19N4O3. The molecule has 2 heterocycles. The van der Waals surface area contributed by atoms with Crippen molar-refractivity contribution in [3.63, 3.8) is 0 Å². The lowest BCUT2D eigenvalue weighted by molar-refractivity contribution is -0.117. The fraction of sp³-hybridized carbons (Fsp3) is 0.238. The van der Waals surface area contributed by atoms with Crippen LogP contribution in [0.4, 0.5) is 5.69 Å². The van der Waals surface area contributed by atoms with Crippen LogP contribution in [0, 0.1) is 12.8 Å².